The minimum Gasteiger partial charge on any atom is -0.492 e. The summed E-state index contributed by atoms with van der Waals surface area (Å²) in [6, 6.07) is 6.23. The average Bonchev–Trinajstić information content (AvgIpc) is 2.84. The molecule has 1 aliphatic rings. The number of hydrogen-bond acceptors (Lipinski definition) is 2. The smallest absolute Gasteiger partial charge is 0.133 e. The summed E-state index contributed by atoms with van der Waals surface area (Å²) in [5.41, 5.74) is 1.25. The molecule has 0 amide bonds. The van der Waals surface area contributed by atoms with Crippen molar-refractivity contribution in [3.63, 3.8) is 0 Å². The van der Waals surface area contributed by atoms with Crippen molar-refractivity contribution < 1.29 is 4.74 Å². The second-order valence-electron chi connectivity index (χ2n) is 5.04. The van der Waals surface area contributed by atoms with Gasteiger partial charge in [0.2, 0.25) is 0 Å². The molecule has 1 saturated heterocycles. The zero-order chi connectivity index (χ0) is 12.8. The molecule has 0 saturated carbocycles. The second-order valence-corrected chi connectivity index (χ2v) is 5.89. The number of unbranched alkanes of at least 4 members (excludes halogenated alkanes) is 1. The van der Waals surface area contributed by atoms with Crippen LogP contribution in [0.3, 0.4) is 0 Å². The van der Waals surface area contributed by atoms with Gasteiger partial charge in [0, 0.05) is 0 Å². The van der Waals surface area contributed by atoms with Crippen molar-refractivity contribution in [2.75, 3.05) is 26.2 Å². The molecule has 2 rings (SSSR count). The lowest BCUT2D eigenvalue weighted by Gasteiger charge is -2.14. The zero-order valence-corrected chi connectivity index (χ0v) is 12.7. The molecule has 3 heteroatoms. The van der Waals surface area contributed by atoms with Crippen LogP contribution in [0.2, 0.25) is 0 Å². The maximum absolute atomic E-state index is 5.79. The largest absolute Gasteiger partial charge is 0.492 e. The van der Waals surface area contributed by atoms with Crippen molar-refractivity contribution in [2.24, 2.45) is 0 Å². The summed E-state index contributed by atoms with van der Waals surface area (Å²) < 4.78 is 6.85. The normalized spacial score (nSPS) is 16.1. The van der Waals surface area contributed by atoms with Crippen molar-refractivity contribution in [1.29, 1.82) is 0 Å². The minimum atomic E-state index is 0.815. The van der Waals surface area contributed by atoms with Crippen molar-refractivity contribution in [3.8, 4) is 5.75 Å². The third-order valence-corrected chi connectivity index (χ3v) is 4.03. The standard InChI is InChI=1S/C15H22BrNO/c1-13-6-7-15(14(16)12-13)18-11-5-4-10-17-8-2-3-9-17/h6-7,12H,2-5,8-11H2,1H3. The third kappa shape index (κ3) is 4.29. The monoisotopic (exact) mass is 311 g/mol. The van der Waals surface area contributed by atoms with Gasteiger partial charge in [-0.15, -0.1) is 0 Å². The molecule has 0 bridgehead atoms. The van der Waals surface area contributed by atoms with E-state index < -0.39 is 0 Å². The van der Waals surface area contributed by atoms with Crippen LogP contribution in [0.5, 0.6) is 5.75 Å². The van der Waals surface area contributed by atoms with E-state index in [0.717, 1.165) is 23.2 Å². The summed E-state index contributed by atoms with van der Waals surface area (Å²) >= 11 is 3.54. The van der Waals surface area contributed by atoms with Gasteiger partial charge in [-0.1, -0.05) is 6.07 Å². The Hall–Kier alpha value is -0.540. The van der Waals surface area contributed by atoms with Crippen molar-refractivity contribution in [1.82, 2.24) is 4.90 Å². The molecule has 0 aliphatic carbocycles. The first-order valence-corrected chi connectivity index (χ1v) is 7.66. The first kappa shape index (κ1) is 13.9. The molecule has 0 N–H and O–H groups in total. The molecule has 1 aromatic carbocycles. The van der Waals surface area contributed by atoms with E-state index in [1.807, 2.05) is 6.07 Å². The molecule has 2 nitrogen and oxygen atoms in total. The van der Waals surface area contributed by atoms with Crippen LogP contribution in [0.4, 0.5) is 0 Å². The molecule has 18 heavy (non-hydrogen) atoms. The average molecular weight is 312 g/mol. The summed E-state index contributed by atoms with van der Waals surface area (Å²) in [5, 5.41) is 0. The van der Waals surface area contributed by atoms with Gasteiger partial charge in [0.15, 0.2) is 0 Å². The second kappa shape index (κ2) is 7.15. The van der Waals surface area contributed by atoms with E-state index in [1.165, 1.54) is 44.5 Å². The van der Waals surface area contributed by atoms with Gasteiger partial charge in [0.05, 0.1) is 11.1 Å². The van der Waals surface area contributed by atoms with Gasteiger partial charge in [0.25, 0.3) is 0 Å². The van der Waals surface area contributed by atoms with Gasteiger partial charge in [-0.25, -0.2) is 0 Å². The number of rotatable bonds is 6. The zero-order valence-electron chi connectivity index (χ0n) is 11.1. The highest BCUT2D eigenvalue weighted by molar-refractivity contribution is 9.10. The Morgan fingerprint density at radius 2 is 2.00 bits per heavy atom. The number of halogens is 1. The molecule has 1 heterocycles. The predicted octanol–water partition coefficient (Wildman–Crippen LogP) is 4.01. The minimum absolute atomic E-state index is 0.815. The molecule has 0 atom stereocenters. The fourth-order valence-corrected chi connectivity index (χ4v) is 2.96. The van der Waals surface area contributed by atoms with Gasteiger partial charge in [-0.2, -0.15) is 0 Å². The number of hydrogen-bond donors (Lipinski definition) is 0. The molecule has 0 aromatic heterocycles. The lowest BCUT2D eigenvalue weighted by Crippen LogP contribution is -2.20. The molecular weight excluding hydrogens is 290 g/mol. The molecule has 0 unspecified atom stereocenters. The van der Waals surface area contributed by atoms with Crippen LogP contribution in [-0.4, -0.2) is 31.1 Å². The van der Waals surface area contributed by atoms with E-state index in [-0.39, 0.29) is 0 Å². The van der Waals surface area contributed by atoms with E-state index in [9.17, 15) is 0 Å². The molecule has 1 fully saturated rings. The third-order valence-electron chi connectivity index (χ3n) is 3.41. The van der Waals surface area contributed by atoms with E-state index in [0.29, 0.717) is 0 Å². The van der Waals surface area contributed by atoms with Crippen LogP contribution in [-0.2, 0) is 0 Å². The number of benzene rings is 1. The number of nitrogens with zero attached hydrogens (tertiary/aromatic N) is 1. The fourth-order valence-electron chi connectivity index (χ4n) is 2.35. The summed E-state index contributed by atoms with van der Waals surface area (Å²) in [7, 11) is 0. The first-order valence-electron chi connectivity index (χ1n) is 6.87. The highest BCUT2D eigenvalue weighted by Gasteiger charge is 2.10. The van der Waals surface area contributed by atoms with Gasteiger partial charge in [0.1, 0.15) is 5.75 Å². The number of likely N-dealkylation sites (tertiary alicyclic amines) is 1. The summed E-state index contributed by atoms with van der Waals surface area (Å²) in [5.74, 6) is 0.960. The predicted molar refractivity (Wildman–Crippen MR) is 79.3 cm³/mol. The Morgan fingerprint density at radius 1 is 1.22 bits per heavy atom. The Kier molecular flexibility index (Phi) is 5.51. The number of ether oxygens (including phenoxy) is 1. The van der Waals surface area contributed by atoms with Crippen LogP contribution in [0.15, 0.2) is 22.7 Å². The van der Waals surface area contributed by atoms with Crippen LogP contribution < -0.4 is 4.74 Å². The summed E-state index contributed by atoms with van der Waals surface area (Å²) in [4.78, 5) is 2.56. The van der Waals surface area contributed by atoms with Gasteiger partial charge < -0.3 is 9.64 Å². The topological polar surface area (TPSA) is 12.5 Å². The molecular formula is C15H22BrNO. The Morgan fingerprint density at radius 3 is 2.72 bits per heavy atom. The molecule has 100 valence electrons. The van der Waals surface area contributed by atoms with Crippen LogP contribution >= 0.6 is 15.9 Å². The quantitative estimate of drug-likeness (QED) is 0.736. The lowest BCUT2D eigenvalue weighted by molar-refractivity contribution is 0.278. The van der Waals surface area contributed by atoms with Gasteiger partial charge in [-0.05, 0) is 85.9 Å². The maximum atomic E-state index is 5.79. The van der Waals surface area contributed by atoms with E-state index in [1.54, 1.807) is 0 Å². The lowest BCUT2D eigenvalue weighted by atomic mass is 10.2. The molecule has 1 aliphatic heterocycles. The SMILES string of the molecule is Cc1ccc(OCCCCN2CCCC2)c(Br)c1. The van der Waals surface area contributed by atoms with E-state index in [2.05, 4.69) is 39.9 Å². The highest BCUT2D eigenvalue weighted by atomic mass is 79.9. The van der Waals surface area contributed by atoms with Crippen molar-refractivity contribution >= 4 is 15.9 Å². The highest BCUT2D eigenvalue weighted by Crippen LogP contribution is 2.25. The van der Waals surface area contributed by atoms with Gasteiger partial charge >= 0.3 is 0 Å². The van der Waals surface area contributed by atoms with Crippen LogP contribution in [0, 0.1) is 6.92 Å². The first-order chi connectivity index (χ1) is 8.75. The Labute approximate surface area is 118 Å². The summed E-state index contributed by atoms with van der Waals surface area (Å²) in [6.07, 6.45) is 5.14. The van der Waals surface area contributed by atoms with Crippen molar-refractivity contribution in [2.45, 2.75) is 32.6 Å². The number of aryl methyl sites for hydroxylation is 1. The Balaban J connectivity index is 1.62. The summed E-state index contributed by atoms with van der Waals surface area (Å²) in [6.45, 7) is 6.73. The fraction of sp³-hybridized carbons (Fsp3) is 0.600. The van der Waals surface area contributed by atoms with Crippen LogP contribution in [0.25, 0.3) is 0 Å². The van der Waals surface area contributed by atoms with E-state index >= 15 is 0 Å². The van der Waals surface area contributed by atoms with E-state index in [4.69, 9.17) is 4.74 Å². The van der Waals surface area contributed by atoms with Gasteiger partial charge in [-0.3, -0.25) is 0 Å². The van der Waals surface area contributed by atoms with Crippen LogP contribution in [0.1, 0.15) is 31.2 Å². The molecule has 1 aromatic rings. The molecule has 0 spiro atoms. The Bertz CT molecular complexity index is 375. The van der Waals surface area contributed by atoms with Crippen molar-refractivity contribution in [3.05, 3.63) is 28.2 Å². The maximum Gasteiger partial charge on any atom is 0.133 e. The molecule has 0 radical (unpaired) electrons.